The molecule has 0 spiro atoms. The number of ether oxygens (including phenoxy) is 3. The number of nitriles is 1. The number of anilines is 2. The van der Waals surface area contributed by atoms with Gasteiger partial charge in [0.05, 0.1) is 46.5 Å². The van der Waals surface area contributed by atoms with E-state index in [9.17, 15) is 33.9 Å². The van der Waals surface area contributed by atoms with Crippen LogP contribution in [0.3, 0.4) is 0 Å². The zero-order valence-electron chi connectivity index (χ0n) is 39.8. The summed E-state index contributed by atoms with van der Waals surface area (Å²) in [7, 11) is 1.61. The number of benzene rings is 4. The predicted octanol–water partition coefficient (Wildman–Crippen LogP) is 10.2. The third kappa shape index (κ3) is 19.6. The van der Waals surface area contributed by atoms with E-state index < -0.39 is 29.9 Å². The van der Waals surface area contributed by atoms with Gasteiger partial charge in [-0.05, 0) is 111 Å². The molecule has 0 bridgehead atoms. The van der Waals surface area contributed by atoms with E-state index in [0.717, 1.165) is 55.5 Å². The van der Waals surface area contributed by atoms with Crippen LogP contribution in [0.4, 0.5) is 10.0 Å². The number of nitrogens with two attached hydrogens (primary N) is 1. The molecule has 0 saturated carbocycles. The minimum atomic E-state index is -1.19. The molecule has 22 heteroatoms. The number of carboxylic acid groups (broad SMARTS) is 1. The third-order valence-electron chi connectivity index (χ3n) is 9.33. The van der Waals surface area contributed by atoms with Crippen molar-refractivity contribution in [3.05, 3.63) is 128 Å². The first-order valence-electron chi connectivity index (χ1n) is 21.6. The van der Waals surface area contributed by atoms with Gasteiger partial charge in [0.15, 0.2) is 11.4 Å². The molecule has 0 aliphatic carbocycles. The van der Waals surface area contributed by atoms with E-state index in [4.69, 9.17) is 60.4 Å². The van der Waals surface area contributed by atoms with Crippen LogP contribution in [0.25, 0.3) is 22.3 Å². The number of aromatic carboxylic acids is 1. The van der Waals surface area contributed by atoms with Gasteiger partial charge in [-0.25, -0.2) is 24.4 Å². The monoisotopic (exact) mass is 1080 g/mol. The highest BCUT2D eigenvalue weighted by Gasteiger charge is 2.20. The highest BCUT2D eigenvalue weighted by Crippen LogP contribution is 2.33. The van der Waals surface area contributed by atoms with Gasteiger partial charge >= 0.3 is 17.9 Å². The van der Waals surface area contributed by atoms with E-state index >= 15 is 0 Å². The second-order valence-corrected chi connectivity index (χ2v) is 18.4. The fourth-order valence-electron chi connectivity index (χ4n) is 6.00. The number of hydrogen-bond acceptors (Lipinski definition) is 16. The number of hydrogen-bond donors (Lipinski definition) is 5. The lowest BCUT2D eigenvalue weighted by molar-refractivity contribution is -0.145. The molecule has 6 N–H and O–H groups in total. The lowest BCUT2D eigenvalue weighted by atomic mass is 10.0. The summed E-state index contributed by atoms with van der Waals surface area (Å²) in [4.78, 5) is 74.4. The number of carbonyl (C=O) groups excluding carboxylic acids is 5. The van der Waals surface area contributed by atoms with Crippen molar-refractivity contribution >= 4 is 102 Å². The number of amides is 2. The molecule has 0 radical (unpaired) electrons. The number of nitrogen functional groups attached to an aromatic ring is 1. The molecule has 1 atom stereocenters. The normalized spacial score (nSPS) is 10.5. The first-order chi connectivity index (χ1) is 34.2. The summed E-state index contributed by atoms with van der Waals surface area (Å²) in [5.41, 5.74) is 11.4. The topological polar surface area (TPSA) is 270 Å². The number of aromatic hydroxyl groups is 1. The number of methoxy groups -OCH3 is 1. The van der Waals surface area contributed by atoms with Crippen LogP contribution in [0.2, 0.25) is 10.0 Å². The lowest BCUT2D eigenvalue weighted by Gasteiger charge is -2.08. The summed E-state index contributed by atoms with van der Waals surface area (Å²) in [5.74, 6) is -2.20. The number of aromatic nitrogens is 2. The number of nitrogens with one attached hydrogen (secondary N) is 2. The van der Waals surface area contributed by atoms with Gasteiger partial charge in [0.2, 0.25) is 23.1 Å². The fourth-order valence-corrected chi connectivity index (χ4v) is 8.17. The van der Waals surface area contributed by atoms with Crippen LogP contribution >= 0.6 is 57.5 Å². The fraction of sp³-hybridized carbons (Fsp3) is 0.260. The van der Waals surface area contributed by atoms with Crippen LogP contribution in [0.1, 0.15) is 75.7 Å². The third-order valence-corrected chi connectivity index (χ3v) is 11.8. The second kappa shape index (κ2) is 29.9. The standard InChI is InChI=1S/C20H17ClN2O4S.C16H14Cl2O2.C7H10N2O3.C7H10N2O2S/c1-11-22-18(20(26)27)19(28-11)23-17(25)9-4-12-2-5-13(6-3-12)15-8-7-14(24)10-16(15)21;1-20-13-7-8-14(15(17)10-13)12-5-2-11(3-6-12)4-9-16(18)19;1-3-12-7(11)6(4-8)9-5(2)10;1-3-11-7(10)5-6(8)12-4(2)9-5/h2-3,5-8,10,24H,4,9H2,1H3,(H,23,25)(H,26,27);2-3,5-8,10H,4,9H2,1H3;6H,3H2,1-2H3,(H,9,10);3,8H2,1-2H3. The number of rotatable bonds is 16. The van der Waals surface area contributed by atoms with Crippen molar-refractivity contribution in [3.63, 3.8) is 0 Å². The van der Waals surface area contributed by atoms with Crippen LogP contribution in [-0.4, -0.2) is 81.5 Å². The minimum absolute atomic E-state index is 0.110. The molecular weight excluding hydrogens is 1030 g/mol. The number of halogens is 3. The smallest absolute Gasteiger partial charge is 0.360 e. The molecule has 1 unspecified atom stereocenters. The Kier molecular flexibility index (Phi) is 24.6. The van der Waals surface area contributed by atoms with E-state index in [1.54, 1.807) is 59.1 Å². The molecule has 4 aromatic carbocycles. The van der Waals surface area contributed by atoms with Gasteiger partial charge in [0.1, 0.15) is 21.5 Å². The van der Waals surface area contributed by atoms with Crippen molar-refractivity contribution in [3.8, 4) is 39.8 Å². The van der Waals surface area contributed by atoms with Crippen molar-refractivity contribution in [2.45, 2.75) is 66.3 Å². The average molecular weight is 1080 g/mol. The molecule has 17 nitrogen and oxygen atoms in total. The number of aryl methyl sites for hydroxylation is 4. The van der Waals surface area contributed by atoms with Gasteiger partial charge in [0.25, 0.3) is 0 Å². The highest BCUT2D eigenvalue weighted by atomic mass is 35.5. The SMILES string of the molecule is CCOC(=O)C(C#N)NC(C)=O.CCOC(=O)c1nc(C)sc1N.COc1ccc(-c2ccc(CCC(=O)Cl)cc2)c(Cl)c1.Cc1nc(C(=O)O)c(NC(=O)CCc2ccc(-c3ccc(O)cc3Cl)cc2)s1. The number of nitrogens with zero attached hydrogens (tertiary/aromatic N) is 3. The Labute approximate surface area is 438 Å². The molecular formula is C50H51Cl3N6O11S2. The van der Waals surface area contributed by atoms with Crippen molar-refractivity contribution in [1.82, 2.24) is 15.3 Å². The maximum absolute atomic E-state index is 12.2. The maximum Gasteiger partial charge on any atom is 0.360 e. The lowest BCUT2D eigenvalue weighted by Crippen LogP contribution is -2.39. The van der Waals surface area contributed by atoms with Crippen LogP contribution in [0.5, 0.6) is 11.5 Å². The van der Waals surface area contributed by atoms with Gasteiger partial charge in [-0.2, -0.15) is 5.26 Å². The van der Waals surface area contributed by atoms with E-state index in [1.165, 1.54) is 24.3 Å². The van der Waals surface area contributed by atoms with Crippen molar-refractivity contribution < 1.29 is 53.2 Å². The molecule has 2 amide bonds. The predicted molar refractivity (Wildman–Crippen MR) is 279 cm³/mol. The van der Waals surface area contributed by atoms with Crippen LogP contribution in [-0.2, 0) is 41.5 Å². The first-order valence-corrected chi connectivity index (χ1v) is 24.4. The zero-order chi connectivity index (χ0) is 53.5. The summed E-state index contributed by atoms with van der Waals surface area (Å²) < 4.78 is 14.4. The number of carboxylic acids is 1. The number of carbonyl (C=O) groups is 6. The Morgan fingerprint density at radius 3 is 1.76 bits per heavy atom. The molecule has 380 valence electrons. The molecule has 72 heavy (non-hydrogen) atoms. The van der Waals surface area contributed by atoms with Crippen molar-refractivity contribution in [2.24, 2.45) is 0 Å². The largest absolute Gasteiger partial charge is 0.508 e. The van der Waals surface area contributed by atoms with Gasteiger partial charge in [-0.1, -0.05) is 71.7 Å². The summed E-state index contributed by atoms with van der Waals surface area (Å²) in [5, 5.41) is 34.6. The summed E-state index contributed by atoms with van der Waals surface area (Å²) >= 11 is 20.2. The number of phenolic OH excluding ortho intramolecular Hbond substituents is 1. The average Bonchev–Trinajstić information content (AvgIpc) is 3.89. The van der Waals surface area contributed by atoms with E-state index in [2.05, 4.69) is 25.3 Å². The van der Waals surface area contributed by atoms with E-state index in [1.807, 2.05) is 60.7 Å². The zero-order valence-corrected chi connectivity index (χ0v) is 43.7. The molecule has 0 aliphatic rings. The Hall–Kier alpha value is -7.08. The summed E-state index contributed by atoms with van der Waals surface area (Å²) in [6.45, 7) is 8.61. The van der Waals surface area contributed by atoms with Gasteiger partial charge in [-0.3, -0.25) is 14.4 Å². The molecule has 0 saturated heterocycles. The summed E-state index contributed by atoms with van der Waals surface area (Å²) in [6.07, 6.45) is 1.73. The van der Waals surface area contributed by atoms with Crippen LogP contribution in [0.15, 0.2) is 84.9 Å². The Morgan fingerprint density at radius 1 is 0.778 bits per heavy atom. The molecule has 6 rings (SSSR count). The van der Waals surface area contributed by atoms with Crippen LogP contribution < -0.4 is 21.1 Å². The molecule has 2 aromatic heterocycles. The molecule has 2 heterocycles. The number of phenols is 1. The van der Waals surface area contributed by atoms with E-state index in [0.29, 0.717) is 45.9 Å². The van der Waals surface area contributed by atoms with Crippen molar-refractivity contribution in [1.29, 1.82) is 5.26 Å². The van der Waals surface area contributed by atoms with Crippen LogP contribution in [0, 0.1) is 25.2 Å². The molecule has 0 fully saturated rings. The first kappa shape index (κ1) is 59.2. The van der Waals surface area contributed by atoms with E-state index in [-0.39, 0.29) is 46.3 Å². The Morgan fingerprint density at radius 2 is 1.31 bits per heavy atom. The maximum atomic E-state index is 12.2. The molecule has 6 aromatic rings. The Balaban J connectivity index is 0.000000272. The molecule has 0 aliphatic heterocycles. The highest BCUT2D eigenvalue weighted by molar-refractivity contribution is 7.16. The van der Waals surface area contributed by atoms with Crippen molar-refractivity contribution in [2.75, 3.05) is 31.4 Å². The Bertz CT molecular complexity index is 2870. The van der Waals surface area contributed by atoms with Gasteiger partial charge in [-0.15, -0.1) is 22.7 Å². The summed E-state index contributed by atoms with van der Waals surface area (Å²) in [6, 6.07) is 26.4. The second-order valence-electron chi connectivity index (χ2n) is 14.7. The quantitative estimate of drug-likeness (QED) is 0.0445. The number of thiazole rings is 2. The minimum Gasteiger partial charge on any atom is -0.508 e. The number of esters is 2. The van der Waals surface area contributed by atoms with Gasteiger partial charge in [0, 0.05) is 30.9 Å². The van der Waals surface area contributed by atoms with Gasteiger partial charge < -0.3 is 40.8 Å².